The van der Waals surface area contributed by atoms with Crippen LogP contribution in [0.2, 0.25) is 0 Å². The molecule has 0 saturated heterocycles. The predicted octanol–water partition coefficient (Wildman–Crippen LogP) is 1.54. The number of H-pyrrole nitrogens is 1. The Kier molecular flexibility index (Phi) is 4.09. The highest BCUT2D eigenvalue weighted by molar-refractivity contribution is 5.79. The minimum Gasteiger partial charge on any atom is -0.481 e. The number of methoxy groups -OCH3 is 1. The van der Waals surface area contributed by atoms with Crippen molar-refractivity contribution in [2.75, 3.05) is 7.11 Å². The van der Waals surface area contributed by atoms with Crippen molar-refractivity contribution in [2.45, 2.75) is 32.7 Å². The fourth-order valence-electron chi connectivity index (χ4n) is 2.92. The molecule has 0 bridgehead atoms. The maximum absolute atomic E-state index is 12.4. The van der Waals surface area contributed by atoms with Gasteiger partial charge in [-0.3, -0.25) is 4.79 Å². The van der Waals surface area contributed by atoms with E-state index in [2.05, 4.69) is 20.3 Å². The highest BCUT2D eigenvalue weighted by Crippen LogP contribution is 2.24. The van der Waals surface area contributed by atoms with Crippen LogP contribution < -0.4 is 10.1 Å². The van der Waals surface area contributed by atoms with E-state index in [-0.39, 0.29) is 11.8 Å². The Morgan fingerprint density at radius 1 is 1.55 bits per heavy atom. The van der Waals surface area contributed by atoms with Crippen LogP contribution in [0.4, 0.5) is 0 Å². The average molecular weight is 300 g/mol. The number of hydrogen-bond donors (Lipinski definition) is 2. The van der Waals surface area contributed by atoms with Crippen LogP contribution in [0.15, 0.2) is 18.3 Å². The molecule has 3 rings (SSSR count). The molecule has 1 unspecified atom stereocenters. The molecule has 116 valence electrons. The number of aryl methyl sites for hydroxylation is 2. The number of fused-ring (bicyclic) bond motifs is 1. The normalized spacial score (nSPS) is 16.9. The second kappa shape index (κ2) is 6.17. The van der Waals surface area contributed by atoms with Gasteiger partial charge in [0.05, 0.1) is 12.8 Å². The Morgan fingerprint density at radius 3 is 3.23 bits per heavy atom. The second-order valence-electron chi connectivity index (χ2n) is 5.58. The minimum atomic E-state index is -0.00461. The number of carbonyl (C=O) groups is 1. The van der Waals surface area contributed by atoms with Gasteiger partial charge in [-0.25, -0.2) is 9.97 Å². The molecule has 1 aliphatic carbocycles. The summed E-state index contributed by atoms with van der Waals surface area (Å²) in [6, 6.07) is 3.74. The van der Waals surface area contributed by atoms with E-state index in [9.17, 15) is 4.79 Å². The van der Waals surface area contributed by atoms with Crippen LogP contribution in [0, 0.1) is 12.8 Å². The number of nitrogens with zero attached hydrogens (tertiary/aromatic N) is 2. The highest BCUT2D eigenvalue weighted by atomic mass is 16.5. The van der Waals surface area contributed by atoms with Gasteiger partial charge in [-0.1, -0.05) is 6.07 Å². The summed E-state index contributed by atoms with van der Waals surface area (Å²) in [4.78, 5) is 24.2. The first-order valence-electron chi connectivity index (χ1n) is 7.47. The van der Waals surface area contributed by atoms with E-state index in [0.717, 1.165) is 42.0 Å². The van der Waals surface area contributed by atoms with Gasteiger partial charge < -0.3 is 15.0 Å². The Morgan fingerprint density at radius 2 is 2.41 bits per heavy atom. The molecule has 0 aromatic carbocycles. The van der Waals surface area contributed by atoms with Crippen molar-refractivity contribution in [3.05, 3.63) is 41.1 Å². The smallest absolute Gasteiger partial charge is 0.223 e. The number of pyridine rings is 1. The number of nitrogens with one attached hydrogen (secondary N) is 2. The molecule has 1 aliphatic rings. The van der Waals surface area contributed by atoms with Gasteiger partial charge in [0.1, 0.15) is 5.82 Å². The average Bonchev–Trinajstić information content (AvgIpc) is 2.91. The molecule has 2 N–H and O–H groups in total. The van der Waals surface area contributed by atoms with Crippen LogP contribution in [0.5, 0.6) is 5.88 Å². The summed E-state index contributed by atoms with van der Waals surface area (Å²) < 4.78 is 5.20. The monoisotopic (exact) mass is 300 g/mol. The summed E-state index contributed by atoms with van der Waals surface area (Å²) in [5.41, 5.74) is 3.09. The van der Waals surface area contributed by atoms with E-state index >= 15 is 0 Å². The molecule has 1 atom stereocenters. The van der Waals surface area contributed by atoms with Gasteiger partial charge in [0, 0.05) is 36.3 Å². The number of carbonyl (C=O) groups excluding carboxylic acids is 1. The van der Waals surface area contributed by atoms with Gasteiger partial charge in [0.25, 0.3) is 0 Å². The van der Waals surface area contributed by atoms with E-state index < -0.39 is 0 Å². The van der Waals surface area contributed by atoms with Crippen molar-refractivity contribution in [1.82, 2.24) is 20.3 Å². The van der Waals surface area contributed by atoms with E-state index in [0.29, 0.717) is 12.4 Å². The zero-order valence-electron chi connectivity index (χ0n) is 12.8. The van der Waals surface area contributed by atoms with Crippen molar-refractivity contribution >= 4 is 5.91 Å². The number of aromatic amines is 1. The van der Waals surface area contributed by atoms with Gasteiger partial charge in [0.2, 0.25) is 11.8 Å². The Labute approximate surface area is 129 Å². The lowest BCUT2D eigenvalue weighted by Crippen LogP contribution is -2.33. The number of hydrogen-bond acceptors (Lipinski definition) is 4. The van der Waals surface area contributed by atoms with Crippen LogP contribution in [0.25, 0.3) is 0 Å². The van der Waals surface area contributed by atoms with E-state index in [1.165, 1.54) is 0 Å². The lowest BCUT2D eigenvalue weighted by Gasteiger charge is -2.20. The molecule has 1 amide bonds. The number of imidazole rings is 1. The maximum Gasteiger partial charge on any atom is 0.223 e. The van der Waals surface area contributed by atoms with Gasteiger partial charge in [-0.05, 0) is 25.8 Å². The summed E-state index contributed by atoms with van der Waals surface area (Å²) in [6.07, 6.45) is 4.10. The van der Waals surface area contributed by atoms with Crippen LogP contribution in [0.3, 0.4) is 0 Å². The lowest BCUT2D eigenvalue weighted by molar-refractivity contribution is -0.125. The summed E-state index contributed by atoms with van der Waals surface area (Å²) in [7, 11) is 1.58. The first-order chi connectivity index (χ1) is 10.7. The van der Waals surface area contributed by atoms with Crippen LogP contribution in [-0.2, 0) is 24.2 Å². The van der Waals surface area contributed by atoms with Gasteiger partial charge in [0.15, 0.2) is 0 Å². The molecular weight excluding hydrogens is 280 g/mol. The van der Waals surface area contributed by atoms with Crippen LogP contribution in [0.1, 0.15) is 29.2 Å². The second-order valence-corrected chi connectivity index (χ2v) is 5.58. The molecule has 0 aliphatic heterocycles. The number of ether oxygens (including phenoxy) is 1. The molecule has 2 heterocycles. The lowest BCUT2D eigenvalue weighted by atomic mass is 9.89. The molecule has 6 heteroatoms. The first-order valence-corrected chi connectivity index (χ1v) is 7.47. The predicted molar refractivity (Wildman–Crippen MR) is 81.5 cm³/mol. The molecule has 6 nitrogen and oxygen atoms in total. The summed E-state index contributed by atoms with van der Waals surface area (Å²) >= 11 is 0. The van der Waals surface area contributed by atoms with Crippen molar-refractivity contribution in [3.8, 4) is 5.88 Å². The minimum absolute atomic E-state index is 0.00461. The van der Waals surface area contributed by atoms with Crippen molar-refractivity contribution < 1.29 is 9.53 Å². The van der Waals surface area contributed by atoms with Crippen molar-refractivity contribution in [1.29, 1.82) is 0 Å². The topological polar surface area (TPSA) is 79.9 Å². The molecule has 0 fully saturated rings. The fourth-order valence-corrected chi connectivity index (χ4v) is 2.92. The Bertz CT molecular complexity index is 681. The number of aromatic nitrogens is 3. The maximum atomic E-state index is 12.4. The Hall–Kier alpha value is -2.37. The third-order valence-corrected chi connectivity index (χ3v) is 4.03. The van der Waals surface area contributed by atoms with Crippen molar-refractivity contribution in [3.63, 3.8) is 0 Å². The fraction of sp³-hybridized carbons (Fsp3) is 0.438. The van der Waals surface area contributed by atoms with E-state index in [4.69, 9.17) is 4.74 Å². The summed E-state index contributed by atoms with van der Waals surface area (Å²) in [5, 5.41) is 2.99. The third kappa shape index (κ3) is 2.95. The largest absolute Gasteiger partial charge is 0.481 e. The highest BCUT2D eigenvalue weighted by Gasteiger charge is 2.26. The molecule has 2 aromatic rings. The number of amides is 1. The quantitative estimate of drug-likeness (QED) is 0.897. The van der Waals surface area contributed by atoms with E-state index in [1.54, 1.807) is 13.3 Å². The zero-order chi connectivity index (χ0) is 15.5. The van der Waals surface area contributed by atoms with Gasteiger partial charge in [-0.2, -0.15) is 0 Å². The molecule has 0 spiro atoms. The Balaban J connectivity index is 1.61. The van der Waals surface area contributed by atoms with Gasteiger partial charge in [-0.15, -0.1) is 0 Å². The SMILES string of the molecule is COc1ncccc1CNC(=O)C1CCc2nc(C)[nH]c2C1. The molecule has 0 saturated carbocycles. The first kappa shape index (κ1) is 14.6. The van der Waals surface area contributed by atoms with Crippen LogP contribution >= 0.6 is 0 Å². The molecule has 22 heavy (non-hydrogen) atoms. The summed E-state index contributed by atoms with van der Waals surface area (Å²) in [6.45, 7) is 2.38. The molecule has 2 aromatic heterocycles. The van der Waals surface area contributed by atoms with Crippen LogP contribution in [-0.4, -0.2) is 28.0 Å². The standard InChI is InChI=1S/C16H20N4O2/c1-10-19-13-6-5-11(8-14(13)20-10)15(21)18-9-12-4-3-7-17-16(12)22-2/h3-4,7,11H,5-6,8-9H2,1-2H3,(H,18,21)(H,19,20). The van der Waals surface area contributed by atoms with E-state index in [1.807, 2.05) is 19.1 Å². The van der Waals surface area contributed by atoms with Crippen molar-refractivity contribution in [2.24, 2.45) is 5.92 Å². The molecular formula is C16H20N4O2. The third-order valence-electron chi connectivity index (χ3n) is 4.03. The number of rotatable bonds is 4. The summed E-state index contributed by atoms with van der Waals surface area (Å²) in [5.74, 6) is 1.54. The molecule has 0 radical (unpaired) electrons. The zero-order valence-corrected chi connectivity index (χ0v) is 12.8. The van der Waals surface area contributed by atoms with Gasteiger partial charge >= 0.3 is 0 Å².